The predicted octanol–water partition coefficient (Wildman–Crippen LogP) is 25.9. The molecule has 2 nitrogen and oxygen atoms in total. The Hall–Kier alpha value is -11.8. The molecule has 0 heterocycles. The molecule has 14 aromatic carbocycles. The lowest BCUT2D eigenvalue weighted by Gasteiger charge is -2.28. The zero-order chi connectivity index (χ0) is 64.7. The second-order valence-electron chi connectivity index (χ2n) is 26.6. The highest BCUT2D eigenvalue weighted by molar-refractivity contribution is 5.90. The van der Waals surface area contributed by atoms with E-state index in [9.17, 15) is 0 Å². The number of anilines is 6. The van der Waals surface area contributed by atoms with Crippen LogP contribution < -0.4 is 9.80 Å². The molecule has 0 aliphatic heterocycles. The average molecular weight is 1230 g/mol. The molecule has 2 heteroatoms. The number of nitrogens with zero attached hydrogens (tertiary/aromatic N) is 2. The Balaban J connectivity index is 0.597. The summed E-state index contributed by atoms with van der Waals surface area (Å²) in [5.41, 5.74) is 33.6. The summed E-state index contributed by atoms with van der Waals surface area (Å²) in [5, 5.41) is 0. The van der Waals surface area contributed by atoms with E-state index < -0.39 is 0 Å². The van der Waals surface area contributed by atoms with Crippen LogP contribution in [0.1, 0.15) is 72.2 Å². The van der Waals surface area contributed by atoms with E-state index in [0.717, 1.165) is 45.3 Å². The van der Waals surface area contributed by atoms with Crippen LogP contribution in [-0.4, -0.2) is 0 Å². The fraction of sp³-hybridized carbons (Fsp3) is 0.0638. The van der Waals surface area contributed by atoms with E-state index in [-0.39, 0.29) is 10.8 Å². The van der Waals surface area contributed by atoms with Crippen molar-refractivity contribution in [1.82, 2.24) is 0 Å². The van der Waals surface area contributed by atoms with Crippen LogP contribution in [0.25, 0.3) is 102 Å². The van der Waals surface area contributed by atoms with Crippen LogP contribution in [0.15, 0.2) is 340 Å². The molecule has 2 aliphatic carbocycles. The van der Waals surface area contributed by atoms with Gasteiger partial charge in [-0.05, 0) is 195 Å². The van der Waals surface area contributed by atoms with Gasteiger partial charge in [0.25, 0.3) is 0 Å². The minimum atomic E-state index is -0.211. The van der Waals surface area contributed by atoms with Gasteiger partial charge in [0.1, 0.15) is 0 Å². The van der Waals surface area contributed by atoms with Gasteiger partial charge in [0.2, 0.25) is 0 Å². The molecule has 0 N–H and O–H groups in total. The summed E-state index contributed by atoms with van der Waals surface area (Å²) in [5.74, 6) is 0. The van der Waals surface area contributed by atoms with E-state index in [0.29, 0.717) is 0 Å². The summed E-state index contributed by atoms with van der Waals surface area (Å²) in [7, 11) is 0. The highest BCUT2D eigenvalue weighted by Gasteiger charge is 2.38. The number of rotatable bonds is 15. The first-order valence-corrected chi connectivity index (χ1v) is 33.4. The quantitative estimate of drug-likeness (QED) is 0.0944. The molecule has 16 rings (SSSR count). The maximum absolute atomic E-state index is 2.42. The first-order chi connectivity index (χ1) is 47.1. The van der Waals surface area contributed by atoms with Gasteiger partial charge in [-0.1, -0.05) is 319 Å². The van der Waals surface area contributed by atoms with Crippen LogP contribution in [0.5, 0.6) is 0 Å². The van der Waals surface area contributed by atoms with Crippen LogP contribution in [0.4, 0.5) is 34.1 Å². The monoisotopic (exact) mass is 1230 g/mol. The third kappa shape index (κ3) is 11.4. The van der Waals surface area contributed by atoms with E-state index in [4.69, 9.17) is 0 Å². The van der Waals surface area contributed by atoms with Gasteiger partial charge in [-0.2, -0.15) is 0 Å². The minimum Gasteiger partial charge on any atom is -0.310 e. The SMILES string of the molecule is CC1(C)c2cc(/C=C/c3ccc(-c4ccc(/C=C/c5ccc6c(c5)C(C)(C)c5cc(N(c7ccc(-c8ccccc8)cc7)c7ccc(-c8ccccc8)cc7)ccc5-6)cc4)cc3)ccc2-c2ccc(N(c3ccc(-c4ccccc4)cc3)c3ccc(-c4ccccc4)cc3)cc21. The first kappa shape index (κ1) is 59.2. The summed E-state index contributed by atoms with van der Waals surface area (Å²) < 4.78 is 0. The molecular weight excluding hydrogens is 1160 g/mol. The fourth-order valence-corrected chi connectivity index (χ4v) is 14.6. The smallest absolute Gasteiger partial charge is 0.0465 e. The van der Waals surface area contributed by atoms with Crippen molar-refractivity contribution in [2.75, 3.05) is 9.80 Å². The van der Waals surface area contributed by atoms with Gasteiger partial charge < -0.3 is 9.80 Å². The second kappa shape index (κ2) is 24.9. The molecular formula is C94H72N2. The second-order valence-corrected chi connectivity index (χ2v) is 26.6. The summed E-state index contributed by atoms with van der Waals surface area (Å²) >= 11 is 0. The summed E-state index contributed by atoms with van der Waals surface area (Å²) in [6, 6.07) is 124. The lowest BCUT2D eigenvalue weighted by molar-refractivity contribution is 0.660. The van der Waals surface area contributed by atoms with Gasteiger partial charge >= 0.3 is 0 Å². The van der Waals surface area contributed by atoms with Crippen molar-refractivity contribution in [1.29, 1.82) is 0 Å². The van der Waals surface area contributed by atoms with Crippen molar-refractivity contribution in [3.8, 4) is 77.9 Å². The summed E-state index contributed by atoms with van der Waals surface area (Å²) in [6.45, 7) is 9.50. The Bertz CT molecular complexity index is 4680. The highest BCUT2D eigenvalue weighted by atomic mass is 15.1. The molecule has 0 saturated carbocycles. The zero-order valence-electron chi connectivity index (χ0n) is 54.5. The molecule has 0 saturated heterocycles. The predicted molar refractivity (Wildman–Crippen MR) is 409 cm³/mol. The van der Waals surface area contributed by atoms with E-state index in [1.807, 2.05) is 0 Å². The first-order valence-electron chi connectivity index (χ1n) is 33.4. The Morgan fingerprint density at radius 2 is 0.385 bits per heavy atom. The molecule has 0 unspecified atom stereocenters. The lowest BCUT2D eigenvalue weighted by Crippen LogP contribution is -2.16. The third-order valence-electron chi connectivity index (χ3n) is 19.9. The van der Waals surface area contributed by atoms with Crippen LogP contribution in [0.3, 0.4) is 0 Å². The van der Waals surface area contributed by atoms with Gasteiger partial charge in [0.05, 0.1) is 0 Å². The molecule has 0 bridgehead atoms. The molecule has 0 atom stereocenters. The Kier molecular flexibility index (Phi) is 15.4. The van der Waals surface area contributed by atoms with Crippen molar-refractivity contribution in [2.45, 2.75) is 38.5 Å². The van der Waals surface area contributed by atoms with Gasteiger partial charge in [-0.3, -0.25) is 0 Å². The Morgan fingerprint density at radius 3 is 0.656 bits per heavy atom. The van der Waals surface area contributed by atoms with Crippen LogP contribution in [0, 0.1) is 0 Å². The van der Waals surface area contributed by atoms with Crippen LogP contribution in [0.2, 0.25) is 0 Å². The molecule has 96 heavy (non-hydrogen) atoms. The largest absolute Gasteiger partial charge is 0.310 e. The average Bonchev–Trinajstić information content (AvgIpc) is 1.55. The molecule has 458 valence electrons. The molecule has 14 aromatic rings. The molecule has 2 aliphatic rings. The normalized spacial score (nSPS) is 13.1. The van der Waals surface area contributed by atoms with E-state index in [1.165, 1.54) is 111 Å². The molecule has 0 radical (unpaired) electrons. The maximum atomic E-state index is 2.42. The van der Waals surface area contributed by atoms with Crippen molar-refractivity contribution in [3.63, 3.8) is 0 Å². The number of hydrogen-bond acceptors (Lipinski definition) is 2. The number of hydrogen-bond donors (Lipinski definition) is 0. The van der Waals surface area contributed by atoms with Crippen molar-refractivity contribution in [3.05, 3.63) is 384 Å². The van der Waals surface area contributed by atoms with Gasteiger partial charge in [0.15, 0.2) is 0 Å². The molecule has 0 fully saturated rings. The Morgan fingerprint density at radius 1 is 0.188 bits per heavy atom. The maximum Gasteiger partial charge on any atom is 0.0465 e. The van der Waals surface area contributed by atoms with Gasteiger partial charge in [0, 0.05) is 45.0 Å². The summed E-state index contributed by atoms with van der Waals surface area (Å²) in [4.78, 5) is 4.79. The van der Waals surface area contributed by atoms with Gasteiger partial charge in [-0.25, -0.2) is 0 Å². The molecule has 0 amide bonds. The Labute approximate surface area is 565 Å². The minimum absolute atomic E-state index is 0.211. The van der Waals surface area contributed by atoms with Crippen molar-refractivity contribution >= 4 is 58.4 Å². The van der Waals surface area contributed by atoms with Crippen LogP contribution in [-0.2, 0) is 10.8 Å². The third-order valence-corrected chi connectivity index (χ3v) is 19.9. The van der Waals surface area contributed by atoms with E-state index in [2.05, 4.69) is 402 Å². The van der Waals surface area contributed by atoms with Gasteiger partial charge in [-0.15, -0.1) is 0 Å². The van der Waals surface area contributed by atoms with Crippen molar-refractivity contribution < 1.29 is 0 Å². The molecule has 0 spiro atoms. The summed E-state index contributed by atoms with van der Waals surface area (Å²) in [6.07, 6.45) is 8.99. The van der Waals surface area contributed by atoms with Crippen molar-refractivity contribution in [2.24, 2.45) is 0 Å². The standard InChI is InChI=1S/C94H72N2/c1-93(2)89-61-67(33-57-85(89)87-59-55-83(63-91(87)93)95(79-47-39-75(40-48-79)69-17-9-5-10-18-69)80-49-41-76(42-50-80)70-19-11-6-12-20-70)27-25-65-29-35-73(36-30-65)74-37-31-66(32-38-74)26-28-68-34-58-86-88-60-56-84(64-92(88)94(3,4)90(86)62-68)96(81-51-43-77(44-52-81)71-21-13-7-14-22-71)82-53-45-78(46-54-82)72-23-15-8-16-24-72/h5-64H,1-4H3/b27-25+,28-26+. The number of fused-ring (bicyclic) bond motifs is 6. The molecule has 0 aromatic heterocycles. The zero-order valence-corrected chi connectivity index (χ0v) is 54.5. The highest BCUT2D eigenvalue weighted by Crippen LogP contribution is 2.53. The van der Waals surface area contributed by atoms with E-state index >= 15 is 0 Å². The lowest BCUT2D eigenvalue weighted by atomic mass is 9.81. The fourth-order valence-electron chi connectivity index (χ4n) is 14.6. The topological polar surface area (TPSA) is 6.48 Å². The van der Waals surface area contributed by atoms with E-state index in [1.54, 1.807) is 0 Å². The van der Waals surface area contributed by atoms with Crippen LogP contribution >= 0.6 is 0 Å². The number of benzene rings is 14.